The predicted molar refractivity (Wildman–Crippen MR) is 134 cm³/mol. The second kappa shape index (κ2) is 13.0. The lowest BCUT2D eigenvalue weighted by Gasteiger charge is -2.22. The van der Waals surface area contributed by atoms with Gasteiger partial charge in [0.25, 0.3) is 0 Å². The summed E-state index contributed by atoms with van der Waals surface area (Å²) in [5, 5.41) is 0. The summed E-state index contributed by atoms with van der Waals surface area (Å²) < 4.78 is 17.4. The molecule has 3 aromatic rings. The van der Waals surface area contributed by atoms with Crippen LogP contribution in [0.1, 0.15) is 16.7 Å². The number of hydrogen-bond donors (Lipinski definition) is 0. The molecule has 0 spiro atoms. The van der Waals surface area contributed by atoms with Gasteiger partial charge in [0.15, 0.2) is 11.5 Å². The van der Waals surface area contributed by atoms with Crippen LogP contribution in [-0.2, 0) is 19.6 Å². The highest BCUT2D eigenvalue weighted by molar-refractivity contribution is 5.46. The molecule has 0 radical (unpaired) electrons. The van der Waals surface area contributed by atoms with Crippen LogP contribution in [0.4, 0.5) is 0 Å². The monoisotopic (exact) mass is 441 g/mol. The third-order valence-corrected chi connectivity index (χ3v) is 5.22. The van der Waals surface area contributed by atoms with Crippen molar-refractivity contribution in [3.05, 3.63) is 102 Å². The molecule has 0 aromatic heterocycles. The van der Waals surface area contributed by atoms with E-state index in [-0.39, 0.29) is 0 Å². The van der Waals surface area contributed by atoms with Gasteiger partial charge in [0.1, 0.15) is 19.0 Å². The molecule has 0 aliphatic carbocycles. The zero-order valence-corrected chi connectivity index (χ0v) is 19.2. The second-order valence-electron chi connectivity index (χ2n) is 7.63. The Morgan fingerprint density at radius 1 is 0.939 bits per heavy atom. The van der Waals surface area contributed by atoms with E-state index in [0.29, 0.717) is 26.3 Å². The van der Waals surface area contributed by atoms with Crippen LogP contribution in [0.2, 0.25) is 0 Å². The number of rotatable bonds is 13. The van der Waals surface area contributed by atoms with Gasteiger partial charge in [-0.3, -0.25) is 4.90 Å². The van der Waals surface area contributed by atoms with E-state index in [1.165, 1.54) is 5.56 Å². The highest BCUT2D eigenvalue weighted by Gasteiger charge is 2.14. The maximum atomic E-state index is 6.21. The first-order chi connectivity index (χ1) is 16.2. The molecule has 3 rings (SSSR count). The number of ether oxygens (including phenoxy) is 3. The molecule has 4 heteroatoms. The molecule has 0 N–H and O–H groups in total. The number of methoxy groups -OCH3 is 1. The molecule has 0 aliphatic rings. The summed E-state index contributed by atoms with van der Waals surface area (Å²) in [6.07, 6.45) is 8.30. The maximum absolute atomic E-state index is 6.21. The topological polar surface area (TPSA) is 30.9 Å². The normalized spacial score (nSPS) is 10.5. The average Bonchev–Trinajstić information content (AvgIpc) is 2.86. The SMILES string of the molecule is C#CCN(CCc1ccc(OCC=C)cc1)Cc1cccc(OC)c1OCc1ccccc1. The van der Waals surface area contributed by atoms with E-state index in [1.807, 2.05) is 54.6 Å². The number of para-hydroxylation sites is 1. The second-order valence-corrected chi connectivity index (χ2v) is 7.63. The number of nitrogens with zero attached hydrogens (tertiary/aromatic N) is 1. The molecular formula is C29H31NO3. The molecule has 0 heterocycles. The van der Waals surface area contributed by atoms with Crippen molar-refractivity contribution in [2.45, 2.75) is 19.6 Å². The summed E-state index contributed by atoms with van der Waals surface area (Å²) in [4.78, 5) is 2.24. The van der Waals surface area contributed by atoms with Gasteiger partial charge >= 0.3 is 0 Å². The average molecular weight is 442 g/mol. The minimum atomic E-state index is 0.476. The largest absolute Gasteiger partial charge is 0.493 e. The van der Waals surface area contributed by atoms with Crippen molar-refractivity contribution < 1.29 is 14.2 Å². The van der Waals surface area contributed by atoms with E-state index in [9.17, 15) is 0 Å². The van der Waals surface area contributed by atoms with Gasteiger partial charge in [-0.05, 0) is 35.7 Å². The van der Waals surface area contributed by atoms with Crippen molar-refractivity contribution in [3.63, 3.8) is 0 Å². The summed E-state index contributed by atoms with van der Waals surface area (Å²) in [6, 6.07) is 24.2. The minimum absolute atomic E-state index is 0.476. The van der Waals surface area contributed by atoms with Crippen molar-refractivity contribution in [3.8, 4) is 29.6 Å². The first-order valence-electron chi connectivity index (χ1n) is 11.0. The Bertz CT molecular complexity index is 1040. The summed E-state index contributed by atoms with van der Waals surface area (Å²) in [6.45, 7) is 6.70. The van der Waals surface area contributed by atoms with Crippen LogP contribution in [0.5, 0.6) is 17.2 Å². The van der Waals surface area contributed by atoms with E-state index in [2.05, 4.69) is 35.6 Å². The Labute approximate surface area is 197 Å². The van der Waals surface area contributed by atoms with Gasteiger partial charge in [-0.15, -0.1) is 6.42 Å². The molecule has 0 saturated heterocycles. The van der Waals surface area contributed by atoms with E-state index < -0.39 is 0 Å². The predicted octanol–water partition coefficient (Wildman–Crippen LogP) is 5.52. The Morgan fingerprint density at radius 2 is 1.73 bits per heavy atom. The van der Waals surface area contributed by atoms with E-state index in [0.717, 1.165) is 41.3 Å². The first-order valence-corrected chi connectivity index (χ1v) is 11.0. The van der Waals surface area contributed by atoms with Gasteiger partial charge in [0, 0.05) is 18.7 Å². The number of hydrogen-bond acceptors (Lipinski definition) is 4. The molecular weight excluding hydrogens is 410 g/mol. The zero-order valence-electron chi connectivity index (χ0n) is 19.2. The molecule has 4 nitrogen and oxygen atoms in total. The number of terminal acetylenes is 1. The standard InChI is InChI=1S/C29H31NO3/c1-4-19-30(20-18-24-14-16-27(17-15-24)32-21-5-2)22-26-12-9-13-28(31-3)29(26)33-23-25-10-7-6-8-11-25/h1,5-17H,2,18-23H2,3H3. The van der Waals surface area contributed by atoms with E-state index in [1.54, 1.807) is 13.2 Å². The van der Waals surface area contributed by atoms with Crippen LogP contribution in [0.15, 0.2) is 85.5 Å². The van der Waals surface area contributed by atoms with Crippen LogP contribution in [0.25, 0.3) is 0 Å². The van der Waals surface area contributed by atoms with Gasteiger partial charge in [-0.25, -0.2) is 0 Å². The van der Waals surface area contributed by atoms with Crippen LogP contribution in [0.3, 0.4) is 0 Å². The fraction of sp³-hybridized carbons (Fsp3) is 0.241. The molecule has 3 aromatic carbocycles. The number of benzene rings is 3. The summed E-state index contributed by atoms with van der Waals surface area (Å²) in [5.74, 6) is 5.11. The van der Waals surface area contributed by atoms with Crippen molar-refractivity contribution in [2.75, 3.05) is 26.8 Å². The molecule has 0 saturated carbocycles. The van der Waals surface area contributed by atoms with Crippen LogP contribution >= 0.6 is 0 Å². The third-order valence-electron chi connectivity index (χ3n) is 5.22. The van der Waals surface area contributed by atoms with Crippen molar-refractivity contribution in [2.24, 2.45) is 0 Å². The third kappa shape index (κ3) is 7.45. The summed E-state index contributed by atoms with van der Waals surface area (Å²) in [5.41, 5.74) is 3.39. The molecule has 0 bridgehead atoms. The highest BCUT2D eigenvalue weighted by Crippen LogP contribution is 2.32. The van der Waals surface area contributed by atoms with Crippen LogP contribution < -0.4 is 14.2 Å². The molecule has 0 amide bonds. The minimum Gasteiger partial charge on any atom is -0.493 e. The van der Waals surface area contributed by atoms with Crippen LogP contribution in [0, 0.1) is 12.3 Å². The quantitative estimate of drug-likeness (QED) is 0.258. The lowest BCUT2D eigenvalue weighted by molar-refractivity contribution is 0.263. The lowest BCUT2D eigenvalue weighted by Crippen LogP contribution is -2.26. The summed E-state index contributed by atoms with van der Waals surface area (Å²) in [7, 11) is 1.66. The van der Waals surface area contributed by atoms with Gasteiger partial charge in [0.2, 0.25) is 0 Å². The molecule has 0 atom stereocenters. The van der Waals surface area contributed by atoms with Crippen molar-refractivity contribution >= 4 is 0 Å². The highest BCUT2D eigenvalue weighted by atomic mass is 16.5. The summed E-state index contributed by atoms with van der Waals surface area (Å²) >= 11 is 0. The fourth-order valence-corrected chi connectivity index (χ4v) is 3.52. The fourth-order valence-electron chi connectivity index (χ4n) is 3.52. The Kier molecular flexibility index (Phi) is 9.45. The van der Waals surface area contributed by atoms with E-state index in [4.69, 9.17) is 20.6 Å². The van der Waals surface area contributed by atoms with Crippen molar-refractivity contribution in [1.82, 2.24) is 4.90 Å². The van der Waals surface area contributed by atoms with Gasteiger partial charge < -0.3 is 14.2 Å². The smallest absolute Gasteiger partial charge is 0.166 e. The van der Waals surface area contributed by atoms with Crippen LogP contribution in [-0.4, -0.2) is 31.7 Å². The first kappa shape index (κ1) is 24.0. The molecule has 33 heavy (non-hydrogen) atoms. The van der Waals surface area contributed by atoms with Crippen molar-refractivity contribution in [1.29, 1.82) is 0 Å². The zero-order chi connectivity index (χ0) is 23.3. The maximum Gasteiger partial charge on any atom is 0.166 e. The van der Waals surface area contributed by atoms with E-state index >= 15 is 0 Å². The Balaban J connectivity index is 1.68. The molecule has 0 aliphatic heterocycles. The van der Waals surface area contributed by atoms with Gasteiger partial charge in [-0.1, -0.05) is 73.2 Å². The lowest BCUT2D eigenvalue weighted by atomic mass is 10.1. The van der Waals surface area contributed by atoms with Gasteiger partial charge in [0.05, 0.1) is 13.7 Å². The molecule has 170 valence electrons. The molecule has 0 unspecified atom stereocenters. The molecule has 0 fully saturated rings. The Morgan fingerprint density at radius 3 is 2.42 bits per heavy atom. The Hall–Kier alpha value is -3.68. The van der Waals surface area contributed by atoms with Gasteiger partial charge in [-0.2, -0.15) is 0 Å².